The van der Waals surface area contributed by atoms with Gasteiger partial charge in [-0.1, -0.05) is 18.2 Å². The van der Waals surface area contributed by atoms with Gasteiger partial charge >= 0.3 is 5.97 Å². The maximum atomic E-state index is 11.4. The predicted octanol–water partition coefficient (Wildman–Crippen LogP) is 2.16. The summed E-state index contributed by atoms with van der Waals surface area (Å²) >= 11 is 0. The Morgan fingerprint density at radius 1 is 1.43 bits per heavy atom. The van der Waals surface area contributed by atoms with Crippen molar-refractivity contribution in [1.29, 1.82) is 0 Å². The molecule has 2 N–H and O–H groups in total. The van der Waals surface area contributed by atoms with Gasteiger partial charge in [0.05, 0.1) is 17.3 Å². The Kier molecular flexibility index (Phi) is 3.70. The third kappa shape index (κ3) is 2.67. The normalized spacial score (nSPS) is 21.6. The molecule has 1 aromatic carbocycles. The zero-order chi connectivity index (χ0) is 14.8. The highest BCUT2D eigenvalue weighted by atomic mass is 16.5. The first-order valence-corrected chi connectivity index (χ1v) is 7.01. The summed E-state index contributed by atoms with van der Waals surface area (Å²) in [5, 5.41) is 21.1. The van der Waals surface area contributed by atoms with E-state index in [2.05, 4.69) is 15.5 Å². The molecule has 6 nitrogen and oxygen atoms in total. The fraction of sp³-hybridized carbons (Fsp3) is 0.400. The lowest BCUT2D eigenvalue weighted by molar-refractivity contribution is 0.0690. The molecule has 1 saturated heterocycles. The number of anilines is 1. The van der Waals surface area contributed by atoms with Gasteiger partial charge in [-0.15, -0.1) is 10.2 Å². The number of ether oxygens (including phenoxy) is 1. The van der Waals surface area contributed by atoms with E-state index < -0.39 is 5.97 Å². The fourth-order valence-corrected chi connectivity index (χ4v) is 2.66. The summed E-state index contributed by atoms with van der Waals surface area (Å²) in [7, 11) is 0. The van der Waals surface area contributed by atoms with Crippen LogP contribution in [-0.2, 0) is 4.74 Å². The van der Waals surface area contributed by atoms with Gasteiger partial charge in [-0.3, -0.25) is 0 Å². The molecule has 0 radical (unpaired) electrons. The van der Waals surface area contributed by atoms with Crippen LogP contribution in [0, 0.1) is 5.92 Å². The molecule has 1 aliphatic heterocycles. The summed E-state index contributed by atoms with van der Waals surface area (Å²) in [6.07, 6.45) is 1.17. The first-order chi connectivity index (χ1) is 10.2. The highest BCUT2D eigenvalue weighted by molar-refractivity contribution is 6.02. The Balaban J connectivity index is 1.94. The SMILES string of the molecule is CC1OCCC1CNc1c(C(=O)O)nnc2ccccc12. The third-order valence-corrected chi connectivity index (χ3v) is 3.94. The Morgan fingerprint density at radius 3 is 2.95 bits per heavy atom. The highest BCUT2D eigenvalue weighted by Gasteiger charge is 2.25. The summed E-state index contributed by atoms with van der Waals surface area (Å²) in [5.41, 5.74) is 1.17. The number of benzene rings is 1. The monoisotopic (exact) mass is 287 g/mol. The molecule has 2 heterocycles. The quantitative estimate of drug-likeness (QED) is 0.896. The van der Waals surface area contributed by atoms with Crippen molar-refractivity contribution >= 4 is 22.6 Å². The van der Waals surface area contributed by atoms with Crippen LogP contribution >= 0.6 is 0 Å². The summed E-state index contributed by atoms with van der Waals surface area (Å²) in [6.45, 7) is 3.46. The van der Waals surface area contributed by atoms with E-state index >= 15 is 0 Å². The Morgan fingerprint density at radius 2 is 2.24 bits per heavy atom. The van der Waals surface area contributed by atoms with E-state index in [1.54, 1.807) is 0 Å². The van der Waals surface area contributed by atoms with Gasteiger partial charge in [0.25, 0.3) is 0 Å². The molecule has 2 atom stereocenters. The average Bonchev–Trinajstić information content (AvgIpc) is 2.89. The number of aromatic nitrogens is 2. The van der Waals surface area contributed by atoms with Crippen LogP contribution in [0.3, 0.4) is 0 Å². The lowest BCUT2D eigenvalue weighted by Gasteiger charge is -2.17. The minimum atomic E-state index is -1.08. The topological polar surface area (TPSA) is 84.3 Å². The van der Waals surface area contributed by atoms with Gasteiger partial charge in [-0.2, -0.15) is 0 Å². The van der Waals surface area contributed by atoms with E-state index in [1.165, 1.54) is 0 Å². The number of fused-ring (bicyclic) bond motifs is 1. The first kappa shape index (κ1) is 13.8. The Bertz CT molecular complexity index is 674. The van der Waals surface area contributed by atoms with Crippen LogP contribution in [0.5, 0.6) is 0 Å². The lowest BCUT2D eigenvalue weighted by Crippen LogP contribution is -2.22. The molecule has 0 bridgehead atoms. The summed E-state index contributed by atoms with van der Waals surface area (Å²) in [5.74, 6) is -0.704. The van der Waals surface area contributed by atoms with Crippen LogP contribution in [0.1, 0.15) is 23.8 Å². The number of hydrogen-bond acceptors (Lipinski definition) is 5. The molecule has 2 aromatic rings. The molecule has 110 valence electrons. The summed E-state index contributed by atoms with van der Waals surface area (Å²) in [4.78, 5) is 11.4. The third-order valence-electron chi connectivity index (χ3n) is 3.94. The second kappa shape index (κ2) is 5.65. The van der Waals surface area contributed by atoms with E-state index in [4.69, 9.17) is 4.74 Å². The zero-order valence-electron chi connectivity index (χ0n) is 11.7. The number of carboxylic acid groups (broad SMARTS) is 1. The van der Waals surface area contributed by atoms with Crippen LogP contribution in [0.15, 0.2) is 24.3 Å². The molecule has 0 aliphatic carbocycles. The van der Waals surface area contributed by atoms with Crippen molar-refractivity contribution in [1.82, 2.24) is 10.2 Å². The molecule has 1 aliphatic rings. The van der Waals surface area contributed by atoms with E-state index in [1.807, 2.05) is 31.2 Å². The van der Waals surface area contributed by atoms with Crippen LogP contribution < -0.4 is 5.32 Å². The van der Waals surface area contributed by atoms with Gasteiger partial charge in [-0.25, -0.2) is 4.79 Å². The Hall–Kier alpha value is -2.21. The number of carboxylic acids is 1. The van der Waals surface area contributed by atoms with E-state index in [0.717, 1.165) is 18.4 Å². The van der Waals surface area contributed by atoms with Gasteiger partial charge in [0.15, 0.2) is 5.69 Å². The average molecular weight is 287 g/mol. The number of nitrogens with one attached hydrogen (secondary N) is 1. The molecule has 3 rings (SSSR count). The zero-order valence-corrected chi connectivity index (χ0v) is 11.7. The molecular weight excluding hydrogens is 270 g/mol. The van der Waals surface area contributed by atoms with Crippen molar-refractivity contribution in [3.8, 4) is 0 Å². The standard InChI is InChI=1S/C15H17N3O3/c1-9-10(6-7-21-9)8-16-13-11-4-2-3-5-12(11)17-18-14(13)15(19)20/h2-5,9-10H,6-8H2,1H3,(H,16,17)(H,19,20). The fourth-order valence-electron chi connectivity index (χ4n) is 2.66. The number of aromatic carboxylic acids is 1. The summed E-state index contributed by atoms with van der Waals surface area (Å²) < 4.78 is 5.53. The van der Waals surface area contributed by atoms with Gasteiger partial charge < -0.3 is 15.2 Å². The molecule has 6 heteroatoms. The smallest absolute Gasteiger partial charge is 0.358 e. The van der Waals surface area contributed by atoms with Crippen molar-refractivity contribution in [2.75, 3.05) is 18.5 Å². The van der Waals surface area contributed by atoms with Crippen molar-refractivity contribution in [3.63, 3.8) is 0 Å². The van der Waals surface area contributed by atoms with Gasteiger partial charge in [-0.05, 0) is 19.4 Å². The van der Waals surface area contributed by atoms with Crippen molar-refractivity contribution < 1.29 is 14.6 Å². The Labute approximate surface area is 122 Å². The maximum Gasteiger partial charge on any atom is 0.358 e. The highest BCUT2D eigenvalue weighted by Crippen LogP contribution is 2.26. The van der Waals surface area contributed by atoms with Gasteiger partial charge in [0, 0.05) is 24.5 Å². The predicted molar refractivity (Wildman–Crippen MR) is 78.5 cm³/mol. The van der Waals surface area contributed by atoms with Gasteiger partial charge in [0.2, 0.25) is 0 Å². The number of hydrogen-bond donors (Lipinski definition) is 2. The second-order valence-corrected chi connectivity index (χ2v) is 5.25. The van der Waals surface area contributed by atoms with Crippen LogP contribution in [0.4, 0.5) is 5.69 Å². The van der Waals surface area contributed by atoms with Crippen molar-refractivity contribution in [2.24, 2.45) is 5.92 Å². The maximum absolute atomic E-state index is 11.4. The molecule has 1 aromatic heterocycles. The number of carbonyl (C=O) groups is 1. The number of rotatable bonds is 4. The molecule has 0 amide bonds. The molecular formula is C15H17N3O3. The van der Waals surface area contributed by atoms with E-state index in [0.29, 0.717) is 23.7 Å². The minimum absolute atomic E-state index is 0.0414. The minimum Gasteiger partial charge on any atom is -0.476 e. The number of nitrogens with zero attached hydrogens (tertiary/aromatic N) is 2. The van der Waals surface area contributed by atoms with E-state index in [-0.39, 0.29) is 11.8 Å². The van der Waals surface area contributed by atoms with Gasteiger partial charge in [0.1, 0.15) is 0 Å². The molecule has 0 spiro atoms. The van der Waals surface area contributed by atoms with Crippen LogP contribution in [0.25, 0.3) is 10.9 Å². The molecule has 2 unspecified atom stereocenters. The summed E-state index contributed by atoms with van der Waals surface area (Å²) in [6, 6.07) is 7.39. The first-order valence-electron chi connectivity index (χ1n) is 7.01. The van der Waals surface area contributed by atoms with E-state index in [9.17, 15) is 9.90 Å². The largest absolute Gasteiger partial charge is 0.476 e. The molecule has 1 fully saturated rings. The molecule has 0 saturated carbocycles. The van der Waals surface area contributed by atoms with Crippen LogP contribution in [-0.4, -0.2) is 40.5 Å². The van der Waals surface area contributed by atoms with Crippen molar-refractivity contribution in [2.45, 2.75) is 19.4 Å². The second-order valence-electron chi connectivity index (χ2n) is 5.25. The molecule has 21 heavy (non-hydrogen) atoms. The van der Waals surface area contributed by atoms with Crippen LogP contribution in [0.2, 0.25) is 0 Å². The lowest BCUT2D eigenvalue weighted by atomic mass is 10.0. The van der Waals surface area contributed by atoms with Crippen molar-refractivity contribution in [3.05, 3.63) is 30.0 Å².